The molecule has 1 rings (SSSR count). The van der Waals surface area contributed by atoms with Crippen LogP contribution in [0.25, 0.3) is 0 Å². The predicted molar refractivity (Wildman–Crippen MR) is 69.3 cm³/mol. The molecule has 0 radical (unpaired) electrons. The van der Waals surface area contributed by atoms with Gasteiger partial charge in [0.2, 0.25) is 0 Å². The molecule has 5 heteroatoms. The van der Waals surface area contributed by atoms with E-state index in [4.69, 9.17) is 9.52 Å². The van der Waals surface area contributed by atoms with Gasteiger partial charge in [-0.25, -0.2) is 4.79 Å². The highest BCUT2D eigenvalue weighted by Crippen LogP contribution is 2.12. The van der Waals surface area contributed by atoms with E-state index in [1.165, 1.54) is 0 Å². The summed E-state index contributed by atoms with van der Waals surface area (Å²) in [7, 11) is 0. The number of hydrogen-bond acceptors (Lipinski definition) is 3. The van der Waals surface area contributed by atoms with E-state index in [2.05, 4.69) is 10.6 Å². The number of hydrogen-bond donors (Lipinski definition) is 3. The largest absolute Gasteiger partial charge is 0.466 e. The molecule has 0 aliphatic heterocycles. The highest BCUT2D eigenvalue weighted by molar-refractivity contribution is 5.74. The number of carbonyl (C=O) groups excluding carboxylic acids is 1. The van der Waals surface area contributed by atoms with Crippen molar-refractivity contribution >= 4 is 6.03 Å². The fourth-order valence-electron chi connectivity index (χ4n) is 1.59. The van der Waals surface area contributed by atoms with Gasteiger partial charge < -0.3 is 20.2 Å². The molecular formula is C13H22N2O3. The summed E-state index contributed by atoms with van der Waals surface area (Å²) < 4.78 is 5.38. The molecule has 0 spiro atoms. The topological polar surface area (TPSA) is 74.5 Å². The third kappa shape index (κ3) is 4.07. The first-order chi connectivity index (χ1) is 8.43. The number of aliphatic hydroxyl groups is 1. The van der Waals surface area contributed by atoms with Crippen molar-refractivity contribution in [3.8, 4) is 0 Å². The highest BCUT2D eigenvalue weighted by Gasteiger charge is 2.14. The standard InChI is InChI=1S/C13H22N2O3/c1-8(7-16)10(3)15-13(17)14-6-12-5-9(2)18-11(12)4/h5,8,10,16H,6-7H2,1-4H3,(H2,14,15,17). The van der Waals surface area contributed by atoms with Gasteiger partial charge in [-0.1, -0.05) is 6.92 Å². The zero-order valence-corrected chi connectivity index (χ0v) is 11.4. The summed E-state index contributed by atoms with van der Waals surface area (Å²) in [5.41, 5.74) is 0.977. The second kappa shape index (κ2) is 6.44. The van der Waals surface area contributed by atoms with Crippen LogP contribution in [-0.2, 0) is 6.54 Å². The van der Waals surface area contributed by atoms with E-state index in [9.17, 15) is 4.79 Å². The molecule has 5 nitrogen and oxygen atoms in total. The zero-order chi connectivity index (χ0) is 13.7. The van der Waals surface area contributed by atoms with E-state index >= 15 is 0 Å². The average Bonchev–Trinajstić information content (AvgIpc) is 2.64. The van der Waals surface area contributed by atoms with Crippen molar-refractivity contribution in [2.24, 2.45) is 5.92 Å². The van der Waals surface area contributed by atoms with E-state index in [-0.39, 0.29) is 24.6 Å². The van der Waals surface area contributed by atoms with Crippen molar-refractivity contribution in [3.63, 3.8) is 0 Å². The lowest BCUT2D eigenvalue weighted by atomic mass is 10.1. The van der Waals surface area contributed by atoms with Crippen molar-refractivity contribution in [2.45, 2.75) is 40.3 Å². The molecule has 2 amide bonds. The number of rotatable bonds is 5. The minimum absolute atomic E-state index is 0.0358. The van der Waals surface area contributed by atoms with Gasteiger partial charge in [0.1, 0.15) is 11.5 Å². The van der Waals surface area contributed by atoms with Crippen molar-refractivity contribution < 1.29 is 14.3 Å². The molecule has 18 heavy (non-hydrogen) atoms. The molecule has 3 N–H and O–H groups in total. The Morgan fingerprint density at radius 2 is 2.11 bits per heavy atom. The van der Waals surface area contributed by atoms with Crippen LogP contribution in [0.4, 0.5) is 4.79 Å². The smallest absolute Gasteiger partial charge is 0.315 e. The van der Waals surface area contributed by atoms with E-state index in [0.29, 0.717) is 6.54 Å². The summed E-state index contributed by atoms with van der Waals surface area (Å²) in [4.78, 5) is 11.6. The van der Waals surface area contributed by atoms with E-state index in [1.54, 1.807) is 0 Å². The maximum atomic E-state index is 11.6. The lowest BCUT2D eigenvalue weighted by Gasteiger charge is -2.19. The molecule has 0 fully saturated rings. The number of aryl methyl sites for hydroxylation is 2. The quantitative estimate of drug-likeness (QED) is 0.749. The lowest BCUT2D eigenvalue weighted by Crippen LogP contribution is -2.43. The summed E-state index contributed by atoms with van der Waals surface area (Å²) in [6.07, 6.45) is 0. The lowest BCUT2D eigenvalue weighted by molar-refractivity contribution is 0.200. The number of carbonyl (C=O) groups is 1. The first-order valence-corrected chi connectivity index (χ1v) is 6.15. The molecule has 1 aromatic heterocycles. The van der Waals surface area contributed by atoms with Gasteiger partial charge in [0.15, 0.2) is 0 Å². The van der Waals surface area contributed by atoms with Gasteiger partial charge in [-0.05, 0) is 32.8 Å². The Bertz CT molecular complexity index is 401. The van der Waals surface area contributed by atoms with Crippen molar-refractivity contribution in [1.29, 1.82) is 0 Å². The summed E-state index contributed by atoms with van der Waals surface area (Å²) in [6.45, 7) is 8.00. The summed E-state index contributed by atoms with van der Waals surface area (Å²) >= 11 is 0. The van der Waals surface area contributed by atoms with Crippen LogP contribution in [0.3, 0.4) is 0 Å². The monoisotopic (exact) mass is 254 g/mol. The molecule has 0 aliphatic carbocycles. The second-order valence-corrected chi connectivity index (χ2v) is 4.71. The van der Waals surface area contributed by atoms with Gasteiger partial charge in [-0.2, -0.15) is 0 Å². The van der Waals surface area contributed by atoms with Crippen molar-refractivity contribution in [2.75, 3.05) is 6.61 Å². The van der Waals surface area contributed by atoms with Gasteiger partial charge >= 0.3 is 6.03 Å². The van der Waals surface area contributed by atoms with Crippen LogP contribution in [0.1, 0.15) is 30.9 Å². The van der Waals surface area contributed by atoms with Gasteiger partial charge in [0, 0.05) is 24.8 Å². The normalized spacial score (nSPS) is 14.1. The number of furan rings is 1. The highest BCUT2D eigenvalue weighted by atomic mass is 16.3. The minimum atomic E-state index is -0.235. The molecule has 0 aromatic carbocycles. The number of amides is 2. The number of aliphatic hydroxyl groups excluding tert-OH is 1. The molecule has 102 valence electrons. The van der Waals surface area contributed by atoms with Crippen LogP contribution in [0.2, 0.25) is 0 Å². The third-order valence-corrected chi connectivity index (χ3v) is 3.08. The van der Waals surface area contributed by atoms with Gasteiger partial charge in [-0.15, -0.1) is 0 Å². The minimum Gasteiger partial charge on any atom is -0.466 e. The number of nitrogens with one attached hydrogen (secondary N) is 2. The SMILES string of the molecule is Cc1cc(CNC(=O)NC(C)C(C)CO)c(C)o1. The Morgan fingerprint density at radius 3 is 2.61 bits per heavy atom. The molecular weight excluding hydrogens is 232 g/mol. The van der Waals surface area contributed by atoms with Crippen LogP contribution >= 0.6 is 0 Å². The molecule has 0 saturated carbocycles. The van der Waals surface area contributed by atoms with E-state index in [1.807, 2.05) is 33.8 Å². The molecule has 1 heterocycles. The molecule has 2 atom stereocenters. The van der Waals surface area contributed by atoms with Crippen LogP contribution in [-0.4, -0.2) is 23.8 Å². The summed E-state index contributed by atoms with van der Waals surface area (Å²) in [5, 5.41) is 14.5. The average molecular weight is 254 g/mol. The predicted octanol–water partition coefficient (Wildman–Crippen LogP) is 1.71. The first kappa shape index (κ1) is 14.6. The van der Waals surface area contributed by atoms with E-state index < -0.39 is 0 Å². The summed E-state index contributed by atoms with van der Waals surface area (Å²) in [6, 6.07) is 1.61. The van der Waals surface area contributed by atoms with Gasteiger partial charge in [0.05, 0.1) is 0 Å². The van der Waals surface area contributed by atoms with Crippen molar-refractivity contribution in [1.82, 2.24) is 10.6 Å². The maximum absolute atomic E-state index is 11.6. The Morgan fingerprint density at radius 1 is 1.44 bits per heavy atom. The fourth-order valence-corrected chi connectivity index (χ4v) is 1.59. The molecule has 0 saturated heterocycles. The van der Waals surface area contributed by atoms with Crippen LogP contribution in [0, 0.1) is 19.8 Å². The van der Waals surface area contributed by atoms with Crippen LogP contribution in [0.15, 0.2) is 10.5 Å². The maximum Gasteiger partial charge on any atom is 0.315 e. The molecule has 0 aliphatic rings. The van der Waals surface area contributed by atoms with Crippen LogP contribution in [0.5, 0.6) is 0 Å². The van der Waals surface area contributed by atoms with Crippen LogP contribution < -0.4 is 10.6 Å². The first-order valence-electron chi connectivity index (χ1n) is 6.15. The third-order valence-electron chi connectivity index (χ3n) is 3.08. The Kier molecular flexibility index (Phi) is 5.22. The Labute approximate surface area is 108 Å². The second-order valence-electron chi connectivity index (χ2n) is 4.71. The summed E-state index contributed by atoms with van der Waals surface area (Å²) in [5.74, 6) is 1.70. The van der Waals surface area contributed by atoms with Gasteiger partial charge in [0.25, 0.3) is 0 Å². The van der Waals surface area contributed by atoms with E-state index in [0.717, 1.165) is 17.1 Å². The number of urea groups is 1. The fraction of sp³-hybridized carbons (Fsp3) is 0.615. The van der Waals surface area contributed by atoms with Gasteiger partial charge in [-0.3, -0.25) is 0 Å². The molecule has 2 unspecified atom stereocenters. The Balaban J connectivity index is 2.40. The van der Waals surface area contributed by atoms with Crippen molar-refractivity contribution in [3.05, 3.63) is 23.2 Å². The molecule has 0 bridgehead atoms. The zero-order valence-electron chi connectivity index (χ0n) is 11.4. The molecule has 1 aromatic rings. The Hall–Kier alpha value is -1.49.